The predicted molar refractivity (Wildman–Crippen MR) is 43.3 cm³/mol. The van der Waals surface area contributed by atoms with E-state index in [1.807, 2.05) is 0 Å². The molecule has 0 aromatic heterocycles. The summed E-state index contributed by atoms with van der Waals surface area (Å²) in [4.78, 5) is 9.40. The van der Waals surface area contributed by atoms with E-state index in [1.54, 1.807) is 0 Å². The minimum absolute atomic E-state index is 0.683. The topological polar surface area (TPSA) is 43.1 Å². The number of nitrogens with zero attached hydrogens (tertiary/aromatic N) is 1. The Balaban J connectivity index is 3.35. The first-order valence-electron chi connectivity index (χ1n) is 3.48. The molecule has 0 atom stereocenters. The van der Waals surface area contributed by atoms with Crippen LogP contribution >= 0.6 is 0 Å². The van der Waals surface area contributed by atoms with Crippen molar-refractivity contribution in [2.45, 2.75) is 0 Å². The van der Waals surface area contributed by atoms with Gasteiger partial charge < -0.3 is 0 Å². The maximum absolute atomic E-state index is 12.7. The van der Waals surface area contributed by atoms with Crippen LogP contribution in [0, 0.1) is 10.1 Å². The highest BCUT2D eigenvalue weighted by atomic mass is 19.3. The van der Waals surface area contributed by atoms with Gasteiger partial charge in [0.15, 0.2) is 0 Å². The van der Waals surface area contributed by atoms with E-state index in [9.17, 15) is 23.3 Å². The van der Waals surface area contributed by atoms with E-state index in [0.29, 0.717) is 0 Å². The van der Waals surface area contributed by atoms with E-state index in [4.69, 9.17) is 0 Å². The van der Waals surface area contributed by atoms with Crippen molar-refractivity contribution in [3.63, 3.8) is 0 Å². The number of nitro groups is 1. The summed E-state index contributed by atoms with van der Waals surface area (Å²) in [7, 11) is 0. The third kappa shape index (κ3) is 1.90. The van der Waals surface area contributed by atoms with Crippen LogP contribution in [0.1, 0.15) is 5.56 Å². The Labute approximate surface area is 76.6 Å². The standard InChI is InChI=1S/C8H4F3NO2/c9-7(8(10)11)5-3-1-2-4-6(5)12(13)14/h1-4H. The molecule has 0 bridgehead atoms. The van der Waals surface area contributed by atoms with Gasteiger partial charge in [-0.25, -0.2) is 4.39 Å². The Bertz CT molecular complexity index is 399. The van der Waals surface area contributed by atoms with Crippen molar-refractivity contribution in [1.82, 2.24) is 0 Å². The minimum Gasteiger partial charge on any atom is -0.258 e. The van der Waals surface area contributed by atoms with Crippen molar-refractivity contribution in [1.29, 1.82) is 0 Å². The quantitative estimate of drug-likeness (QED) is 0.547. The van der Waals surface area contributed by atoms with Crippen molar-refractivity contribution in [2.24, 2.45) is 0 Å². The predicted octanol–water partition coefficient (Wildman–Crippen LogP) is 3.13. The second kappa shape index (κ2) is 3.91. The third-order valence-electron chi connectivity index (χ3n) is 1.50. The van der Waals surface area contributed by atoms with Crippen LogP contribution in [-0.2, 0) is 0 Å². The molecule has 0 unspecified atom stereocenters. The van der Waals surface area contributed by atoms with Crippen LogP contribution in [-0.4, -0.2) is 4.92 Å². The Morgan fingerprint density at radius 2 is 1.79 bits per heavy atom. The molecular weight excluding hydrogens is 199 g/mol. The maximum atomic E-state index is 12.7. The third-order valence-corrected chi connectivity index (χ3v) is 1.50. The lowest BCUT2D eigenvalue weighted by Gasteiger charge is -1.97. The molecule has 0 fully saturated rings. The van der Waals surface area contributed by atoms with Crippen LogP contribution < -0.4 is 0 Å². The molecule has 0 saturated carbocycles. The van der Waals surface area contributed by atoms with Crippen molar-refractivity contribution in [3.05, 3.63) is 46.0 Å². The van der Waals surface area contributed by atoms with Crippen LogP contribution in [0.15, 0.2) is 30.3 Å². The summed E-state index contributed by atoms with van der Waals surface area (Å²) in [5.74, 6) is -1.86. The van der Waals surface area contributed by atoms with Gasteiger partial charge in [-0.3, -0.25) is 10.1 Å². The summed E-state index contributed by atoms with van der Waals surface area (Å²) in [6, 6.07) is 4.39. The number of para-hydroxylation sites is 1. The summed E-state index contributed by atoms with van der Waals surface area (Å²) in [6.07, 6.45) is -2.57. The summed E-state index contributed by atoms with van der Waals surface area (Å²) in [5.41, 5.74) is -1.39. The lowest BCUT2D eigenvalue weighted by Crippen LogP contribution is -1.92. The van der Waals surface area contributed by atoms with Gasteiger partial charge in [0.25, 0.3) is 5.69 Å². The SMILES string of the molecule is O=[N+]([O-])c1ccccc1C(F)=C(F)F. The van der Waals surface area contributed by atoms with Crippen LogP contribution in [0.2, 0.25) is 0 Å². The van der Waals surface area contributed by atoms with Gasteiger partial charge >= 0.3 is 6.08 Å². The molecule has 74 valence electrons. The number of rotatable bonds is 2. The lowest BCUT2D eigenvalue weighted by molar-refractivity contribution is -0.385. The zero-order valence-electron chi connectivity index (χ0n) is 6.71. The molecule has 0 radical (unpaired) electrons. The smallest absolute Gasteiger partial charge is 0.258 e. The normalized spacial score (nSPS) is 9.64. The van der Waals surface area contributed by atoms with Crippen LogP contribution in [0.25, 0.3) is 5.83 Å². The Kier molecular flexibility index (Phi) is 2.85. The number of benzene rings is 1. The Hall–Kier alpha value is -1.85. The van der Waals surface area contributed by atoms with E-state index in [1.165, 1.54) is 12.1 Å². The molecule has 0 N–H and O–H groups in total. The highest BCUT2D eigenvalue weighted by molar-refractivity contribution is 5.68. The molecule has 14 heavy (non-hydrogen) atoms. The zero-order valence-corrected chi connectivity index (χ0v) is 6.71. The van der Waals surface area contributed by atoms with Gasteiger partial charge in [-0.15, -0.1) is 0 Å². The molecule has 0 aliphatic carbocycles. The minimum atomic E-state index is -2.57. The van der Waals surface area contributed by atoms with E-state index in [0.717, 1.165) is 12.1 Å². The molecule has 0 heterocycles. The molecular formula is C8H4F3NO2. The first-order valence-corrected chi connectivity index (χ1v) is 3.48. The fourth-order valence-corrected chi connectivity index (χ4v) is 0.920. The fraction of sp³-hybridized carbons (Fsp3) is 0. The van der Waals surface area contributed by atoms with Gasteiger partial charge in [0.05, 0.1) is 10.5 Å². The van der Waals surface area contributed by atoms with E-state index in [-0.39, 0.29) is 0 Å². The average Bonchev–Trinajstić information content (AvgIpc) is 2.16. The van der Waals surface area contributed by atoms with Crippen molar-refractivity contribution in [3.8, 4) is 0 Å². The summed E-state index contributed by atoms with van der Waals surface area (Å²) >= 11 is 0. The van der Waals surface area contributed by atoms with Crippen molar-refractivity contribution < 1.29 is 18.1 Å². The Morgan fingerprint density at radius 1 is 1.21 bits per heavy atom. The number of hydrogen-bond donors (Lipinski definition) is 0. The average molecular weight is 203 g/mol. The monoisotopic (exact) mass is 203 g/mol. The lowest BCUT2D eigenvalue weighted by atomic mass is 10.1. The largest absolute Gasteiger partial charge is 0.306 e. The second-order valence-electron chi connectivity index (χ2n) is 2.35. The van der Waals surface area contributed by atoms with E-state index >= 15 is 0 Å². The van der Waals surface area contributed by atoms with E-state index in [2.05, 4.69) is 0 Å². The fourth-order valence-electron chi connectivity index (χ4n) is 0.920. The van der Waals surface area contributed by atoms with Crippen molar-refractivity contribution >= 4 is 11.5 Å². The highest BCUT2D eigenvalue weighted by Crippen LogP contribution is 2.29. The molecule has 0 aliphatic heterocycles. The molecule has 0 saturated heterocycles. The van der Waals surface area contributed by atoms with E-state index < -0.39 is 28.1 Å². The highest BCUT2D eigenvalue weighted by Gasteiger charge is 2.19. The van der Waals surface area contributed by atoms with Gasteiger partial charge in [0.1, 0.15) is 0 Å². The number of hydrogen-bond acceptors (Lipinski definition) is 2. The molecule has 0 aliphatic rings. The molecule has 1 aromatic carbocycles. The number of nitro benzene ring substituents is 1. The maximum Gasteiger partial charge on any atom is 0.306 e. The van der Waals surface area contributed by atoms with Gasteiger partial charge in [0.2, 0.25) is 5.83 Å². The first-order chi connectivity index (χ1) is 6.54. The summed E-state index contributed by atoms with van der Waals surface area (Å²) < 4.78 is 36.4. The second-order valence-corrected chi connectivity index (χ2v) is 2.35. The van der Waals surface area contributed by atoms with Crippen LogP contribution in [0.4, 0.5) is 18.9 Å². The molecule has 0 amide bonds. The van der Waals surface area contributed by atoms with Crippen LogP contribution in [0.5, 0.6) is 0 Å². The molecule has 6 heteroatoms. The first kappa shape index (κ1) is 10.2. The van der Waals surface area contributed by atoms with Crippen molar-refractivity contribution in [2.75, 3.05) is 0 Å². The Morgan fingerprint density at radius 3 is 2.29 bits per heavy atom. The van der Waals surface area contributed by atoms with Gasteiger partial charge in [-0.05, 0) is 6.07 Å². The summed E-state index contributed by atoms with van der Waals surface area (Å²) in [6.45, 7) is 0. The summed E-state index contributed by atoms with van der Waals surface area (Å²) in [5, 5.41) is 10.3. The molecule has 0 spiro atoms. The molecule has 1 aromatic rings. The number of halogens is 3. The zero-order chi connectivity index (χ0) is 10.7. The van der Waals surface area contributed by atoms with Gasteiger partial charge in [0, 0.05) is 6.07 Å². The van der Waals surface area contributed by atoms with Crippen LogP contribution in [0.3, 0.4) is 0 Å². The molecule has 1 rings (SSSR count). The van der Waals surface area contributed by atoms with Gasteiger partial charge in [-0.1, -0.05) is 12.1 Å². The molecule has 3 nitrogen and oxygen atoms in total. The van der Waals surface area contributed by atoms with Gasteiger partial charge in [-0.2, -0.15) is 8.78 Å².